The Labute approximate surface area is 125 Å². The van der Waals surface area contributed by atoms with Crippen LogP contribution in [-0.2, 0) is 21.3 Å². The molecule has 5 nitrogen and oxygen atoms in total. The Hall–Kier alpha value is -0.950. The summed E-state index contributed by atoms with van der Waals surface area (Å²) >= 11 is 1.52. The summed E-state index contributed by atoms with van der Waals surface area (Å²) in [4.78, 5) is 18.6. The highest BCUT2D eigenvalue weighted by Crippen LogP contribution is 2.21. The molecule has 1 aromatic heterocycles. The Morgan fingerprint density at radius 3 is 2.95 bits per heavy atom. The molecule has 1 saturated heterocycles. The lowest BCUT2D eigenvalue weighted by molar-refractivity contribution is 0.0295. The van der Waals surface area contributed by atoms with Gasteiger partial charge in [0.05, 0.1) is 16.5 Å². The van der Waals surface area contributed by atoms with Gasteiger partial charge in [0.15, 0.2) is 0 Å². The van der Waals surface area contributed by atoms with E-state index in [9.17, 15) is 9.00 Å². The van der Waals surface area contributed by atoms with Crippen LogP contribution in [0.15, 0.2) is 11.7 Å². The van der Waals surface area contributed by atoms with Gasteiger partial charge in [-0.15, -0.1) is 11.3 Å². The van der Waals surface area contributed by atoms with E-state index in [0.29, 0.717) is 18.8 Å². The normalized spacial score (nSPS) is 20.9. The van der Waals surface area contributed by atoms with Crippen molar-refractivity contribution in [1.29, 1.82) is 0 Å². The fraction of sp³-hybridized carbons (Fsp3) is 0.692. The molecule has 1 amide bonds. The molecule has 0 N–H and O–H groups in total. The Kier molecular flexibility index (Phi) is 4.80. The second-order valence-corrected chi connectivity index (χ2v) is 8.52. The minimum atomic E-state index is -0.964. The first-order valence-electron chi connectivity index (χ1n) is 6.57. The van der Waals surface area contributed by atoms with Gasteiger partial charge < -0.3 is 9.64 Å². The van der Waals surface area contributed by atoms with Gasteiger partial charge in [-0.3, -0.25) is 9.19 Å². The number of hydrogen-bond acceptors (Lipinski definition) is 5. The van der Waals surface area contributed by atoms with Crippen LogP contribution in [0.5, 0.6) is 0 Å². The van der Waals surface area contributed by atoms with E-state index < -0.39 is 16.4 Å². The van der Waals surface area contributed by atoms with Crippen molar-refractivity contribution >= 4 is 28.2 Å². The number of aromatic nitrogens is 1. The van der Waals surface area contributed by atoms with Crippen LogP contribution in [0, 0.1) is 0 Å². The molecule has 0 bridgehead atoms. The van der Waals surface area contributed by atoms with Gasteiger partial charge in [0.1, 0.15) is 5.60 Å². The predicted molar refractivity (Wildman–Crippen MR) is 80.2 cm³/mol. The zero-order valence-corrected chi connectivity index (χ0v) is 13.6. The monoisotopic (exact) mass is 316 g/mol. The molecule has 20 heavy (non-hydrogen) atoms. The molecule has 1 aliphatic rings. The van der Waals surface area contributed by atoms with Gasteiger partial charge in [0.2, 0.25) is 0 Å². The van der Waals surface area contributed by atoms with Gasteiger partial charge in [-0.1, -0.05) is 0 Å². The van der Waals surface area contributed by atoms with E-state index in [-0.39, 0.29) is 11.3 Å². The summed E-state index contributed by atoms with van der Waals surface area (Å²) in [6.07, 6.45) is 2.21. The van der Waals surface area contributed by atoms with Crippen molar-refractivity contribution in [2.75, 3.05) is 13.1 Å². The first-order valence-corrected chi connectivity index (χ1v) is 8.84. The van der Waals surface area contributed by atoms with Crippen LogP contribution in [0.2, 0.25) is 0 Å². The second kappa shape index (κ2) is 6.22. The smallest absolute Gasteiger partial charge is 0.410 e. The number of likely N-dealkylation sites (tertiary alicyclic amines) is 1. The van der Waals surface area contributed by atoms with E-state index >= 15 is 0 Å². The summed E-state index contributed by atoms with van der Waals surface area (Å²) in [5.41, 5.74) is 1.26. The van der Waals surface area contributed by atoms with Crippen LogP contribution in [0.1, 0.15) is 32.1 Å². The van der Waals surface area contributed by atoms with Crippen molar-refractivity contribution in [3.05, 3.63) is 16.6 Å². The fourth-order valence-corrected chi connectivity index (χ4v) is 4.31. The zero-order chi connectivity index (χ0) is 14.8. The molecule has 1 aromatic rings. The lowest BCUT2D eigenvalue weighted by Crippen LogP contribution is -2.36. The Morgan fingerprint density at radius 1 is 1.60 bits per heavy atom. The molecule has 2 heterocycles. The van der Waals surface area contributed by atoms with Crippen molar-refractivity contribution in [3.8, 4) is 0 Å². The highest BCUT2D eigenvalue weighted by Gasteiger charge is 2.32. The standard InChI is InChI=1S/C13H20N2O3S2/c1-13(2,3)18-12(16)15-5-4-11(7-15)20(17)8-10-6-14-9-19-10/h6,9,11H,4-5,7-8H2,1-3H3/t11-,20?/m0/s1. The summed E-state index contributed by atoms with van der Waals surface area (Å²) in [7, 11) is -0.964. The summed E-state index contributed by atoms with van der Waals surface area (Å²) in [5.74, 6) is 0.525. The highest BCUT2D eigenvalue weighted by atomic mass is 32.2. The quantitative estimate of drug-likeness (QED) is 0.859. The molecule has 7 heteroatoms. The van der Waals surface area contributed by atoms with Crippen LogP contribution in [0.4, 0.5) is 4.79 Å². The molecular weight excluding hydrogens is 296 g/mol. The number of ether oxygens (including phenoxy) is 1. The van der Waals surface area contributed by atoms with Crippen molar-refractivity contribution in [2.45, 2.75) is 43.8 Å². The summed E-state index contributed by atoms with van der Waals surface area (Å²) < 4.78 is 17.6. The van der Waals surface area contributed by atoms with Crippen molar-refractivity contribution < 1.29 is 13.7 Å². The molecule has 2 rings (SSSR count). The third-order valence-corrected chi connectivity index (χ3v) is 5.62. The van der Waals surface area contributed by atoms with Crippen molar-refractivity contribution in [1.82, 2.24) is 9.88 Å². The molecule has 0 radical (unpaired) electrons. The van der Waals surface area contributed by atoms with Crippen molar-refractivity contribution in [2.24, 2.45) is 0 Å². The minimum absolute atomic E-state index is 0.0321. The molecule has 0 spiro atoms. The number of hydrogen-bond donors (Lipinski definition) is 0. The van der Waals surface area contributed by atoms with Crippen LogP contribution in [0.25, 0.3) is 0 Å². The Balaban J connectivity index is 1.85. The third kappa shape index (κ3) is 4.28. The van der Waals surface area contributed by atoms with Crippen LogP contribution in [-0.4, -0.2) is 44.1 Å². The predicted octanol–water partition coefficient (Wildman–Crippen LogP) is 2.40. The first-order chi connectivity index (χ1) is 9.35. The Bertz CT molecular complexity index is 482. The van der Waals surface area contributed by atoms with Gasteiger partial charge >= 0.3 is 6.09 Å². The first kappa shape index (κ1) is 15.4. The maximum atomic E-state index is 12.3. The topological polar surface area (TPSA) is 59.5 Å². The van der Waals surface area contributed by atoms with Crippen LogP contribution in [0.3, 0.4) is 0 Å². The number of carbonyl (C=O) groups is 1. The molecule has 0 saturated carbocycles. The number of rotatable bonds is 3. The molecular formula is C13H20N2O3S2. The molecule has 0 aromatic carbocycles. The van der Waals surface area contributed by atoms with Crippen molar-refractivity contribution in [3.63, 3.8) is 0 Å². The van der Waals surface area contributed by atoms with Gasteiger partial charge in [0, 0.05) is 35.0 Å². The zero-order valence-electron chi connectivity index (χ0n) is 12.0. The summed E-state index contributed by atoms with van der Waals surface area (Å²) in [5, 5.41) is 0.0321. The molecule has 1 unspecified atom stereocenters. The van der Waals surface area contributed by atoms with E-state index in [1.807, 2.05) is 20.8 Å². The molecule has 0 aliphatic carbocycles. The average molecular weight is 316 g/mol. The van der Waals surface area contributed by atoms with E-state index in [2.05, 4.69) is 4.98 Å². The van der Waals surface area contributed by atoms with Gasteiger partial charge in [-0.2, -0.15) is 0 Å². The minimum Gasteiger partial charge on any atom is -0.444 e. The maximum absolute atomic E-state index is 12.3. The van der Waals surface area contributed by atoms with Crippen LogP contribution < -0.4 is 0 Å². The average Bonchev–Trinajstić information content (AvgIpc) is 2.96. The molecule has 2 atom stereocenters. The van der Waals surface area contributed by atoms with E-state index in [0.717, 1.165) is 11.3 Å². The summed E-state index contributed by atoms with van der Waals surface area (Å²) in [6.45, 7) is 6.68. The van der Waals surface area contributed by atoms with Gasteiger partial charge in [-0.05, 0) is 27.2 Å². The lowest BCUT2D eigenvalue weighted by Gasteiger charge is -2.24. The van der Waals surface area contributed by atoms with Gasteiger partial charge in [0.25, 0.3) is 0 Å². The summed E-state index contributed by atoms with van der Waals surface area (Å²) in [6, 6.07) is 0. The molecule has 1 aliphatic heterocycles. The van der Waals surface area contributed by atoms with E-state index in [1.54, 1.807) is 16.6 Å². The molecule has 112 valence electrons. The van der Waals surface area contributed by atoms with Crippen LogP contribution >= 0.6 is 11.3 Å². The third-order valence-electron chi connectivity index (χ3n) is 2.94. The number of amides is 1. The largest absolute Gasteiger partial charge is 0.444 e. The highest BCUT2D eigenvalue weighted by molar-refractivity contribution is 7.85. The van der Waals surface area contributed by atoms with Gasteiger partial charge in [-0.25, -0.2) is 4.79 Å². The molecule has 1 fully saturated rings. The number of thiazole rings is 1. The fourth-order valence-electron chi connectivity index (χ4n) is 2.01. The maximum Gasteiger partial charge on any atom is 0.410 e. The SMILES string of the molecule is CC(C)(C)OC(=O)N1CC[C@H](S(=O)Cc2cncs2)C1. The number of carbonyl (C=O) groups excluding carboxylic acids is 1. The Morgan fingerprint density at radius 2 is 2.35 bits per heavy atom. The number of nitrogens with zero attached hydrogens (tertiary/aromatic N) is 2. The lowest BCUT2D eigenvalue weighted by atomic mass is 10.2. The van der Waals surface area contributed by atoms with E-state index in [4.69, 9.17) is 4.74 Å². The van der Waals surface area contributed by atoms with E-state index in [1.165, 1.54) is 11.3 Å². The second-order valence-electron chi connectivity index (χ2n) is 5.83.